The van der Waals surface area contributed by atoms with Crippen LogP contribution < -0.4 is 11.2 Å². The van der Waals surface area contributed by atoms with Crippen molar-refractivity contribution in [1.82, 2.24) is 18.7 Å². The van der Waals surface area contributed by atoms with E-state index in [1.807, 2.05) is 35.9 Å². The Morgan fingerprint density at radius 1 is 1.17 bits per heavy atom. The third-order valence-corrected chi connectivity index (χ3v) is 4.60. The molecule has 0 aliphatic carbocycles. The van der Waals surface area contributed by atoms with Gasteiger partial charge in [-0.1, -0.05) is 41.6 Å². The number of hydrogen-bond donors (Lipinski definition) is 0. The van der Waals surface area contributed by atoms with Gasteiger partial charge < -0.3 is 4.57 Å². The zero-order chi connectivity index (χ0) is 16.7. The highest BCUT2D eigenvalue weighted by molar-refractivity contribution is 7.98. The van der Waals surface area contributed by atoms with Gasteiger partial charge in [0.1, 0.15) is 0 Å². The van der Waals surface area contributed by atoms with Crippen LogP contribution in [0.2, 0.25) is 0 Å². The molecule has 0 fully saturated rings. The molecule has 23 heavy (non-hydrogen) atoms. The minimum absolute atomic E-state index is 0.316. The van der Waals surface area contributed by atoms with Crippen molar-refractivity contribution < 1.29 is 0 Å². The van der Waals surface area contributed by atoms with Crippen LogP contribution in [0.25, 0.3) is 11.2 Å². The summed E-state index contributed by atoms with van der Waals surface area (Å²) >= 11 is 1.46. The lowest BCUT2D eigenvalue weighted by Gasteiger charge is -2.09. The lowest BCUT2D eigenvalue weighted by molar-refractivity contribution is 0.696. The van der Waals surface area contributed by atoms with Crippen molar-refractivity contribution in [2.45, 2.75) is 18.6 Å². The van der Waals surface area contributed by atoms with E-state index in [1.165, 1.54) is 23.4 Å². The van der Waals surface area contributed by atoms with Crippen molar-refractivity contribution in [2.75, 3.05) is 6.26 Å². The van der Waals surface area contributed by atoms with Gasteiger partial charge in [-0.2, -0.15) is 0 Å². The number of benzene rings is 1. The van der Waals surface area contributed by atoms with Gasteiger partial charge in [0.05, 0.1) is 6.54 Å². The van der Waals surface area contributed by atoms with E-state index >= 15 is 0 Å². The molecule has 0 unspecified atom stereocenters. The van der Waals surface area contributed by atoms with Gasteiger partial charge in [-0.25, -0.2) is 9.78 Å². The molecule has 0 N–H and O–H groups in total. The van der Waals surface area contributed by atoms with Crippen molar-refractivity contribution in [3.8, 4) is 0 Å². The normalized spacial score (nSPS) is 11.3. The summed E-state index contributed by atoms with van der Waals surface area (Å²) in [6.45, 7) is 2.58. The molecule has 0 atom stereocenters. The predicted molar refractivity (Wildman–Crippen MR) is 92.3 cm³/mol. The van der Waals surface area contributed by atoms with E-state index in [-0.39, 0.29) is 11.2 Å². The number of aryl methyl sites for hydroxylation is 2. The van der Waals surface area contributed by atoms with Crippen molar-refractivity contribution >= 4 is 22.9 Å². The zero-order valence-electron chi connectivity index (χ0n) is 13.5. The Hall–Kier alpha value is -2.28. The molecule has 0 amide bonds. The van der Waals surface area contributed by atoms with Gasteiger partial charge in [0, 0.05) is 14.1 Å². The minimum atomic E-state index is -0.365. The molecule has 3 rings (SSSR count). The molecular weight excluding hydrogens is 312 g/mol. The fourth-order valence-electron chi connectivity index (χ4n) is 2.72. The maximum absolute atomic E-state index is 12.6. The van der Waals surface area contributed by atoms with Gasteiger partial charge in [-0.05, 0) is 18.7 Å². The first-order valence-electron chi connectivity index (χ1n) is 7.20. The first kappa shape index (κ1) is 15.6. The van der Waals surface area contributed by atoms with Crippen molar-refractivity contribution in [1.29, 1.82) is 0 Å². The molecule has 6 nitrogen and oxygen atoms in total. The van der Waals surface area contributed by atoms with Gasteiger partial charge in [0.25, 0.3) is 5.56 Å². The molecule has 0 aliphatic heterocycles. The first-order chi connectivity index (χ1) is 10.9. The van der Waals surface area contributed by atoms with Gasteiger partial charge in [0.2, 0.25) is 0 Å². The van der Waals surface area contributed by atoms with Crippen LogP contribution in [0, 0.1) is 6.92 Å². The smallest absolute Gasteiger partial charge is 0.309 e. The third-order valence-electron chi connectivity index (χ3n) is 3.92. The summed E-state index contributed by atoms with van der Waals surface area (Å²) < 4.78 is 4.43. The number of nitrogens with zero attached hydrogens (tertiary/aromatic N) is 4. The summed E-state index contributed by atoms with van der Waals surface area (Å²) in [5.74, 6) is 0. The van der Waals surface area contributed by atoms with Crippen LogP contribution in [0.1, 0.15) is 11.1 Å². The van der Waals surface area contributed by atoms with Gasteiger partial charge >= 0.3 is 5.69 Å². The molecule has 0 saturated heterocycles. The Kier molecular flexibility index (Phi) is 3.89. The van der Waals surface area contributed by atoms with Crippen LogP contribution in [0.4, 0.5) is 0 Å². The lowest BCUT2D eigenvalue weighted by Crippen LogP contribution is -2.37. The average molecular weight is 330 g/mol. The molecule has 3 aromatic rings. The Bertz CT molecular complexity index is 1010. The zero-order valence-corrected chi connectivity index (χ0v) is 14.3. The molecule has 1 aromatic carbocycles. The van der Waals surface area contributed by atoms with Crippen LogP contribution in [-0.4, -0.2) is 24.9 Å². The van der Waals surface area contributed by atoms with Crippen molar-refractivity contribution in [3.63, 3.8) is 0 Å². The van der Waals surface area contributed by atoms with E-state index in [0.717, 1.165) is 20.9 Å². The Morgan fingerprint density at radius 2 is 1.91 bits per heavy atom. The molecule has 0 spiro atoms. The number of thioether (sulfide) groups is 1. The van der Waals surface area contributed by atoms with Crippen LogP contribution in [0.5, 0.6) is 0 Å². The summed E-state index contributed by atoms with van der Waals surface area (Å²) in [4.78, 5) is 29.2. The third kappa shape index (κ3) is 2.50. The number of imidazole rings is 1. The van der Waals surface area contributed by atoms with Crippen molar-refractivity contribution in [2.24, 2.45) is 14.1 Å². The molecule has 0 bridgehead atoms. The number of aromatic nitrogens is 4. The maximum Gasteiger partial charge on any atom is 0.332 e. The van der Waals surface area contributed by atoms with E-state index in [1.54, 1.807) is 7.05 Å². The summed E-state index contributed by atoms with van der Waals surface area (Å²) in [5, 5.41) is 0.722. The highest BCUT2D eigenvalue weighted by Gasteiger charge is 2.18. The molecule has 0 radical (unpaired) electrons. The summed E-state index contributed by atoms with van der Waals surface area (Å²) in [6, 6.07) is 8.14. The predicted octanol–water partition coefficient (Wildman–Crippen LogP) is 1.51. The van der Waals surface area contributed by atoms with E-state index in [4.69, 9.17) is 0 Å². The van der Waals surface area contributed by atoms with Crippen LogP contribution in [-0.2, 0) is 20.6 Å². The second kappa shape index (κ2) is 5.73. The molecule has 0 saturated carbocycles. The largest absolute Gasteiger partial charge is 0.332 e. The minimum Gasteiger partial charge on any atom is -0.309 e. The van der Waals surface area contributed by atoms with Crippen LogP contribution in [0.15, 0.2) is 39.0 Å². The lowest BCUT2D eigenvalue weighted by atomic mass is 10.1. The molecular formula is C16H18N4O2S. The number of hydrogen-bond acceptors (Lipinski definition) is 4. The Labute approximate surface area is 137 Å². The molecule has 2 heterocycles. The standard InChI is InChI=1S/C16H18N4O2S/c1-10-6-5-7-11(8-10)9-20-12-13(17-15(20)23-4)18(2)16(22)19(3)14(12)21/h5-8H,9H2,1-4H3. The Morgan fingerprint density at radius 3 is 2.57 bits per heavy atom. The number of fused-ring (bicyclic) bond motifs is 1. The molecule has 7 heteroatoms. The van der Waals surface area contributed by atoms with Crippen LogP contribution in [0.3, 0.4) is 0 Å². The monoisotopic (exact) mass is 330 g/mol. The fraction of sp³-hybridized carbons (Fsp3) is 0.312. The number of rotatable bonds is 3. The van der Waals surface area contributed by atoms with E-state index < -0.39 is 0 Å². The maximum atomic E-state index is 12.6. The van der Waals surface area contributed by atoms with Gasteiger partial charge in [-0.3, -0.25) is 13.9 Å². The average Bonchev–Trinajstić information content (AvgIpc) is 2.89. The van der Waals surface area contributed by atoms with E-state index in [9.17, 15) is 9.59 Å². The van der Waals surface area contributed by atoms with Crippen LogP contribution >= 0.6 is 11.8 Å². The second-order valence-electron chi connectivity index (χ2n) is 5.55. The first-order valence-corrected chi connectivity index (χ1v) is 8.42. The van der Waals surface area contributed by atoms with Gasteiger partial charge in [-0.15, -0.1) is 0 Å². The van der Waals surface area contributed by atoms with E-state index in [2.05, 4.69) is 11.1 Å². The molecule has 120 valence electrons. The van der Waals surface area contributed by atoms with E-state index in [0.29, 0.717) is 17.7 Å². The summed E-state index contributed by atoms with van der Waals surface area (Å²) in [7, 11) is 3.13. The summed E-state index contributed by atoms with van der Waals surface area (Å²) in [5.41, 5.74) is 2.46. The highest BCUT2D eigenvalue weighted by atomic mass is 32.2. The fourth-order valence-corrected chi connectivity index (χ4v) is 3.28. The highest BCUT2D eigenvalue weighted by Crippen LogP contribution is 2.21. The summed E-state index contributed by atoms with van der Waals surface area (Å²) in [6.07, 6.45) is 1.91. The molecule has 2 aromatic heterocycles. The quantitative estimate of drug-likeness (QED) is 0.683. The van der Waals surface area contributed by atoms with Gasteiger partial charge in [0.15, 0.2) is 16.3 Å². The second-order valence-corrected chi connectivity index (χ2v) is 6.33. The van der Waals surface area contributed by atoms with Crippen molar-refractivity contribution in [3.05, 3.63) is 56.2 Å². The Balaban J connectivity index is 2.31. The SMILES string of the molecule is CSc1nc2c(c(=O)n(C)c(=O)n2C)n1Cc1cccc(C)c1. The molecule has 0 aliphatic rings. The topological polar surface area (TPSA) is 61.8 Å².